The molecule has 1 amide bonds. The fourth-order valence-corrected chi connectivity index (χ4v) is 1.76. The van der Waals surface area contributed by atoms with Crippen molar-refractivity contribution < 1.29 is 14.7 Å². The molecule has 0 saturated heterocycles. The van der Waals surface area contributed by atoms with Crippen LogP contribution in [0.2, 0.25) is 0 Å². The van der Waals surface area contributed by atoms with E-state index in [1.807, 2.05) is 38.1 Å². The van der Waals surface area contributed by atoms with Crippen molar-refractivity contribution in [2.75, 3.05) is 25.0 Å². The molecule has 0 radical (unpaired) electrons. The van der Waals surface area contributed by atoms with Gasteiger partial charge in [-0.1, -0.05) is 24.6 Å². The zero-order chi connectivity index (χ0) is 14.3. The molecular formula is C14H20N2O3. The van der Waals surface area contributed by atoms with Crippen LogP contribution >= 0.6 is 0 Å². The van der Waals surface area contributed by atoms with E-state index in [1.165, 1.54) is 0 Å². The number of aryl methyl sites for hydroxylation is 1. The zero-order valence-electron chi connectivity index (χ0n) is 11.3. The zero-order valence-corrected chi connectivity index (χ0v) is 11.3. The fourth-order valence-electron chi connectivity index (χ4n) is 1.76. The molecule has 0 aliphatic heterocycles. The van der Waals surface area contributed by atoms with Crippen molar-refractivity contribution >= 4 is 17.6 Å². The smallest absolute Gasteiger partial charge is 0.317 e. The Labute approximate surface area is 113 Å². The fraction of sp³-hybridized carbons (Fsp3) is 0.429. The molecule has 0 unspecified atom stereocenters. The molecule has 2 N–H and O–H groups in total. The summed E-state index contributed by atoms with van der Waals surface area (Å²) >= 11 is 0. The van der Waals surface area contributed by atoms with Crippen LogP contribution in [-0.4, -0.2) is 41.5 Å². The molecule has 0 fully saturated rings. The highest BCUT2D eigenvalue weighted by Crippen LogP contribution is 2.08. The minimum Gasteiger partial charge on any atom is -0.480 e. The summed E-state index contributed by atoms with van der Waals surface area (Å²) in [5.74, 6) is -1.12. The van der Waals surface area contributed by atoms with Crippen LogP contribution in [0.25, 0.3) is 0 Å². The number of nitrogens with one attached hydrogen (secondary N) is 1. The van der Waals surface area contributed by atoms with Gasteiger partial charge in [0.15, 0.2) is 0 Å². The van der Waals surface area contributed by atoms with E-state index in [2.05, 4.69) is 5.32 Å². The van der Waals surface area contributed by atoms with Crippen LogP contribution in [0.15, 0.2) is 24.3 Å². The number of amides is 1. The van der Waals surface area contributed by atoms with E-state index >= 15 is 0 Å². The van der Waals surface area contributed by atoms with Crippen LogP contribution in [0.5, 0.6) is 0 Å². The SMILES string of the molecule is CCCN(CC(=O)O)CC(=O)Nc1ccc(C)cc1. The molecule has 1 rings (SSSR count). The van der Waals surface area contributed by atoms with E-state index in [0.29, 0.717) is 6.54 Å². The van der Waals surface area contributed by atoms with Crippen LogP contribution < -0.4 is 5.32 Å². The molecule has 0 aliphatic rings. The van der Waals surface area contributed by atoms with Gasteiger partial charge in [0.25, 0.3) is 0 Å². The first-order valence-corrected chi connectivity index (χ1v) is 6.32. The maximum absolute atomic E-state index is 11.8. The molecule has 0 heterocycles. The molecule has 0 bridgehead atoms. The standard InChI is InChI=1S/C14H20N2O3/c1-3-8-16(10-14(18)19)9-13(17)15-12-6-4-11(2)5-7-12/h4-7H,3,8-10H2,1-2H3,(H,15,17)(H,18,19). The van der Waals surface area contributed by atoms with Gasteiger partial charge in [-0.3, -0.25) is 14.5 Å². The van der Waals surface area contributed by atoms with Gasteiger partial charge in [0.1, 0.15) is 0 Å². The Morgan fingerprint density at radius 1 is 1.21 bits per heavy atom. The molecule has 5 nitrogen and oxygen atoms in total. The Bertz CT molecular complexity index is 429. The summed E-state index contributed by atoms with van der Waals surface area (Å²) in [6.07, 6.45) is 0.811. The van der Waals surface area contributed by atoms with Crippen molar-refractivity contribution in [1.29, 1.82) is 0 Å². The first-order valence-electron chi connectivity index (χ1n) is 6.32. The lowest BCUT2D eigenvalue weighted by Crippen LogP contribution is -2.37. The van der Waals surface area contributed by atoms with E-state index in [0.717, 1.165) is 17.7 Å². The normalized spacial score (nSPS) is 10.5. The Kier molecular flexibility index (Phi) is 6.02. The van der Waals surface area contributed by atoms with Gasteiger partial charge in [-0.05, 0) is 32.0 Å². The lowest BCUT2D eigenvalue weighted by molar-refractivity contribution is -0.138. The summed E-state index contributed by atoms with van der Waals surface area (Å²) in [5, 5.41) is 11.5. The summed E-state index contributed by atoms with van der Waals surface area (Å²) < 4.78 is 0. The minimum absolute atomic E-state index is 0.0913. The third kappa shape index (κ3) is 6.01. The van der Waals surface area contributed by atoms with E-state index in [1.54, 1.807) is 4.90 Å². The summed E-state index contributed by atoms with van der Waals surface area (Å²) in [4.78, 5) is 24.1. The maximum Gasteiger partial charge on any atom is 0.317 e. The minimum atomic E-state index is -0.920. The first kappa shape index (κ1) is 15.2. The van der Waals surface area contributed by atoms with Gasteiger partial charge >= 0.3 is 5.97 Å². The Morgan fingerprint density at radius 3 is 2.37 bits per heavy atom. The maximum atomic E-state index is 11.8. The number of hydrogen-bond donors (Lipinski definition) is 2. The van der Waals surface area contributed by atoms with Crippen molar-refractivity contribution in [3.8, 4) is 0 Å². The predicted molar refractivity (Wildman–Crippen MR) is 74.2 cm³/mol. The van der Waals surface area contributed by atoms with Crippen LogP contribution in [0, 0.1) is 6.92 Å². The highest BCUT2D eigenvalue weighted by molar-refractivity contribution is 5.92. The van der Waals surface area contributed by atoms with Gasteiger partial charge in [0.2, 0.25) is 5.91 Å². The summed E-state index contributed by atoms with van der Waals surface area (Å²) in [6.45, 7) is 4.49. The summed E-state index contributed by atoms with van der Waals surface area (Å²) in [6, 6.07) is 7.48. The lowest BCUT2D eigenvalue weighted by Gasteiger charge is -2.18. The molecule has 104 valence electrons. The Morgan fingerprint density at radius 2 is 1.84 bits per heavy atom. The van der Waals surface area contributed by atoms with Gasteiger partial charge in [0.05, 0.1) is 13.1 Å². The largest absolute Gasteiger partial charge is 0.480 e. The topological polar surface area (TPSA) is 69.6 Å². The van der Waals surface area contributed by atoms with E-state index < -0.39 is 5.97 Å². The predicted octanol–water partition coefficient (Wildman–Crippen LogP) is 1.73. The first-order chi connectivity index (χ1) is 9.01. The monoisotopic (exact) mass is 264 g/mol. The Balaban J connectivity index is 2.52. The highest BCUT2D eigenvalue weighted by atomic mass is 16.4. The molecule has 1 aromatic carbocycles. The van der Waals surface area contributed by atoms with E-state index in [4.69, 9.17) is 5.11 Å². The van der Waals surface area contributed by atoms with Crippen LogP contribution in [0.4, 0.5) is 5.69 Å². The number of carbonyl (C=O) groups excluding carboxylic acids is 1. The number of carboxylic acid groups (broad SMARTS) is 1. The second kappa shape index (κ2) is 7.53. The van der Waals surface area contributed by atoms with Crippen LogP contribution in [0.1, 0.15) is 18.9 Å². The van der Waals surface area contributed by atoms with Crippen LogP contribution in [0.3, 0.4) is 0 Å². The third-order valence-electron chi connectivity index (χ3n) is 2.60. The third-order valence-corrected chi connectivity index (χ3v) is 2.60. The van der Waals surface area contributed by atoms with Gasteiger partial charge in [-0.15, -0.1) is 0 Å². The van der Waals surface area contributed by atoms with Crippen molar-refractivity contribution in [1.82, 2.24) is 4.90 Å². The molecule has 0 atom stereocenters. The second-order valence-electron chi connectivity index (χ2n) is 4.52. The number of rotatable bonds is 7. The average Bonchev–Trinajstić information content (AvgIpc) is 2.31. The molecule has 0 aliphatic carbocycles. The molecule has 5 heteroatoms. The van der Waals surface area contributed by atoms with Gasteiger partial charge in [-0.25, -0.2) is 0 Å². The van der Waals surface area contributed by atoms with Crippen molar-refractivity contribution in [2.45, 2.75) is 20.3 Å². The number of nitrogens with zero attached hydrogens (tertiary/aromatic N) is 1. The van der Waals surface area contributed by atoms with E-state index in [9.17, 15) is 9.59 Å². The van der Waals surface area contributed by atoms with Crippen LogP contribution in [-0.2, 0) is 9.59 Å². The lowest BCUT2D eigenvalue weighted by atomic mass is 10.2. The summed E-state index contributed by atoms with van der Waals surface area (Å²) in [5.41, 5.74) is 1.85. The van der Waals surface area contributed by atoms with Crippen molar-refractivity contribution in [3.63, 3.8) is 0 Å². The Hall–Kier alpha value is -1.88. The number of anilines is 1. The number of aliphatic carboxylic acids is 1. The number of carboxylic acids is 1. The second-order valence-corrected chi connectivity index (χ2v) is 4.52. The summed E-state index contributed by atoms with van der Waals surface area (Å²) in [7, 11) is 0. The molecule has 0 saturated carbocycles. The highest BCUT2D eigenvalue weighted by Gasteiger charge is 2.13. The molecular weight excluding hydrogens is 244 g/mol. The molecule has 1 aromatic rings. The van der Waals surface area contributed by atoms with Crippen molar-refractivity contribution in [3.05, 3.63) is 29.8 Å². The molecule has 0 spiro atoms. The molecule has 19 heavy (non-hydrogen) atoms. The van der Waals surface area contributed by atoms with Gasteiger partial charge in [-0.2, -0.15) is 0 Å². The number of carbonyl (C=O) groups is 2. The molecule has 0 aromatic heterocycles. The number of hydrogen-bond acceptors (Lipinski definition) is 3. The van der Waals surface area contributed by atoms with Crippen molar-refractivity contribution in [2.24, 2.45) is 0 Å². The number of benzene rings is 1. The average molecular weight is 264 g/mol. The van der Waals surface area contributed by atoms with Gasteiger partial charge in [0, 0.05) is 5.69 Å². The van der Waals surface area contributed by atoms with Gasteiger partial charge < -0.3 is 10.4 Å². The van der Waals surface area contributed by atoms with E-state index in [-0.39, 0.29) is 19.0 Å². The quantitative estimate of drug-likeness (QED) is 0.787.